The summed E-state index contributed by atoms with van der Waals surface area (Å²) in [6.07, 6.45) is 4.76. The van der Waals surface area contributed by atoms with Crippen molar-refractivity contribution in [1.82, 2.24) is 10.6 Å². The highest BCUT2D eigenvalue weighted by atomic mass is 16.1. The first-order valence-electron chi connectivity index (χ1n) is 5.56. The minimum absolute atomic E-state index is 0.143. The van der Waals surface area contributed by atoms with Crippen LogP contribution in [0.15, 0.2) is 36.4 Å². The molecule has 1 unspecified atom stereocenters. The Labute approximate surface area is 95.6 Å². The van der Waals surface area contributed by atoms with Gasteiger partial charge in [-0.2, -0.15) is 0 Å². The lowest BCUT2D eigenvalue weighted by molar-refractivity contribution is -0.119. The van der Waals surface area contributed by atoms with Crippen molar-refractivity contribution in [3.05, 3.63) is 42.0 Å². The van der Waals surface area contributed by atoms with E-state index in [2.05, 4.69) is 34.9 Å². The SMILES string of the molecule is O=C1CC(NC/C=C/c2ccccc2)CN1. The number of benzene rings is 1. The fraction of sp³-hybridized carbons (Fsp3) is 0.308. The quantitative estimate of drug-likeness (QED) is 0.793. The highest BCUT2D eigenvalue weighted by Crippen LogP contribution is 2.01. The summed E-state index contributed by atoms with van der Waals surface area (Å²) in [5, 5.41) is 6.11. The maximum Gasteiger partial charge on any atom is 0.221 e. The Morgan fingerprint density at radius 3 is 2.88 bits per heavy atom. The van der Waals surface area contributed by atoms with Gasteiger partial charge in [-0.25, -0.2) is 0 Å². The van der Waals surface area contributed by atoms with Gasteiger partial charge in [0.05, 0.1) is 0 Å². The molecule has 3 nitrogen and oxygen atoms in total. The molecule has 0 saturated carbocycles. The summed E-state index contributed by atoms with van der Waals surface area (Å²) in [7, 11) is 0. The maximum atomic E-state index is 10.9. The van der Waals surface area contributed by atoms with Crippen LogP contribution in [0.5, 0.6) is 0 Å². The molecule has 1 heterocycles. The maximum absolute atomic E-state index is 10.9. The van der Waals surface area contributed by atoms with Gasteiger partial charge in [0.1, 0.15) is 0 Å². The Bertz CT molecular complexity index is 373. The third-order valence-corrected chi connectivity index (χ3v) is 2.61. The van der Waals surface area contributed by atoms with Crippen LogP contribution in [0.25, 0.3) is 6.08 Å². The van der Waals surface area contributed by atoms with Gasteiger partial charge in [0, 0.05) is 25.6 Å². The van der Waals surface area contributed by atoms with Gasteiger partial charge in [0.25, 0.3) is 0 Å². The van der Waals surface area contributed by atoms with Crippen molar-refractivity contribution in [3.8, 4) is 0 Å². The van der Waals surface area contributed by atoms with E-state index in [0.29, 0.717) is 6.42 Å². The second-order valence-electron chi connectivity index (χ2n) is 3.93. The van der Waals surface area contributed by atoms with Crippen molar-refractivity contribution >= 4 is 12.0 Å². The van der Waals surface area contributed by atoms with Gasteiger partial charge in [0.15, 0.2) is 0 Å². The predicted octanol–water partition coefficient (Wildman–Crippen LogP) is 1.18. The average molecular weight is 216 g/mol. The molecule has 84 valence electrons. The number of amides is 1. The first-order valence-corrected chi connectivity index (χ1v) is 5.56. The van der Waals surface area contributed by atoms with Gasteiger partial charge in [-0.3, -0.25) is 4.79 Å². The third kappa shape index (κ3) is 3.21. The Kier molecular flexibility index (Phi) is 3.72. The topological polar surface area (TPSA) is 41.1 Å². The lowest BCUT2D eigenvalue weighted by Gasteiger charge is -2.06. The lowest BCUT2D eigenvalue weighted by Crippen LogP contribution is -2.30. The van der Waals surface area contributed by atoms with Crippen molar-refractivity contribution in [1.29, 1.82) is 0 Å². The summed E-state index contributed by atoms with van der Waals surface area (Å²) in [4.78, 5) is 10.9. The van der Waals surface area contributed by atoms with E-state index in [1.165, 1.54) is 5.56 Å². The van der Waals surface area contributed by atoms with Crippen molar-refractivity contribution in [2.24, 2.45) is 0 Å². The van der Waals surface area contributed by atoms with Gasteiger partial charge in [-0.1, -0.05) is 42.5 Å². The van der Waals surface area contributed by atoms with Crippen LogP contribution in [0.3, 0.4) is 0 Å². The zero-order valence-electron chi connectivity index (χ0n) is 9.15. The highest BCUT2D eigenvalue weighted by Gasteiger charge is 2.19. The molecule has 1 aromatic carbocycles. The molecule has 0 bridgehead atoms. The lowest BCUT2D eigenvalue weighted by atomic mass is 10.2. The summed E-state index contributed by atoms with van der Waals surface area (Å²) in [5.74, 6) is 0.143. The Balaban J connectivity index is 1.72. The molecule has 1 aliphatic heterocycles. The summed E-state index contributed by atoms with van der Waals surface area (Å²) in [6.45, 7) is 1.55. The molecule has 16 heavy (non-hydrogen) atoms. The van der Waals surface area contributed by atoms with Crippen molar-refractivity contribution in [3.63, 3.8) is 0 Å². The van der Waals surface area contributed by atoms with E-state index in [4.69, 9.17) is 0 Å². The van der Waals surface area contributed by atoms with Crippen molar-refractivity contribution in [2.75, 3.05) is 13.1 Å². The van der Waals surface area contributed by atoms with E-state index < -0.39 is 0 Å². The molecule has 0 spiro atoms. The third-order valence-electron chi connectivity index (χ3n) is 2.61. The summed E-state index contributed by atoms with van der Waals surface area (Å²) >= 11 is 0. The first-order chi connectivity index (χ1) is 7.84. The fourth-order valence-corrected chi connectivity index (χ4v) is 1.74. The minimum Gasteiger partial charge on any atom is -0.354 e. The largest absolute Gasteiger partial charge is 0.354 e. The van der Waals surface area contributed by atoms with Crippen LogP contribution >= 0.6 is 0 Å². The number of rotatable bonds is 4. The molecule has 0 radical (unpaired) electrons. The second-order valence-corrected chi connectivity index (χ2v) is 3.93. The molecule has 1 aliphatic rings. The van der Waals surface area contributed by atoms with Gasteiger partial charge < -0.3 is 10.6 Å². The molecule has 0 aliphatic carbocycles. The summed E-state index contributed by atoms with van der Waals surface area (Å²) in [5.41, 5.74) is 1.20. The number of hydrogen-bond donors (Lipinski definition) is 2. The second kappa shape index (κ2) is 5.47. The van der Waals surface area contributed by atoms with E-state index in [9.17, 15) is 4.79 Å². The van der Waals surface area contributed by atoms with Gasteiger partial charge in [-0.05, 0) is 5.56 Å². The molecule has 0 aromatic heterocycles. The molecular weight excluding hydrogens is 200 g/mol. The van der Waals surface area contributed by atoms with Crippen molar-refractivity contribution in [2.45, 2.75) is 12.5 Å². The molecule has 3 heteroatoms. The normalized spacial score (nSPS) is 20.2. The Hall–Kier alpha value is -1.61. The molecule has 1 aromatic rings. The molecule has 1 fully saturated rings. The molecule has 1 amide bonds. The zero-order valence-corrected chi connectivity index (χ0v) is 9.15. The van der Waals surface area contributed by atoms with Crippen LogP contribution in [-0.4, -0.2) is 25.0 Å². The Morgan fingerprint density at radius 1 is 1.38 bits per heavy atom. The van der Waals surface area contributed by atoms with E-state index in [1.807, 2.05) is 18.2 Å². The van der Waals surface area contributed by atoms with Crippen LogP contribution in [-0.2, 0) is 4.79 Å². The molecular formula is C13H16N2O. The molecule has 2 N–H and O–H groups in total. The van der Waals surface area contributed by atoms with Gasteiger partial charge in [0.2, 0.25) is 5.91 Å². The predicted molar refractivity (Wildman–Crippen MR) is 64.9 cm³/mol. The van der Waals surface area contributed by atoms with Gasteiger partial charge in [-0.15, -0.1) is 0 Å². The van der Waals surface area contributed by atoms with E-state index in [1.54, 1.807) is 0 Å². The van der Waals surface area contributed by atoms with Crippen LogP contribution in [0.4, 0.5) is 0 Å². The van der Waals surface area contributed by atoms with Gasteiger partial charge >= 0.3 is 0 Å². The average Bonchev–Trinajstić information content (AvgIpc) is 2.72. The summed E-state index contributed by atoms with van der Waals surface area (Å²) in [6, 6.07) is 10.5. The monoisotopic (exact) mass is 216 g/mol. The van der Waals surface area contributed by atoms with Crippen molar-refractivity contribution < 1.29 is 4.79 Å². The number of hydrogen-bond acceptors (Lipinski definition) is 2. The number of nitrogens with one attached hydrogen (secondary N) is 2. The Morgan fingerprint density at radius 2 is 2.19 bits per heavy atom. The molecule has 1 atom stereocenters. The van der Waals surface area contributed by atoms with Crippen LogP contribution in [0.1, 0.15) is 12.0 Å². The van der Waals surface area contributed by atoms with E-state index in [0.717, 1.165) is 13.1 Å². The number of carbonyl (C=O) groups excluding carboxylic acids is 1. The smallest absolute Gasteiger partial charge is 0.221 e. The zero-order chi connectivity index (χ0) is 11.2. The minimum atomic E-state index is 0.143. The fourth-order valence-electron chi connectivity index (χ4n) is 1.74. The van der Waals surface area contributed by atoms with Crippen LogP contribution in [0.2, 0.25) is 0 Å². The molecule has 2 rings (SSSR count). The molecule has 1 saturated heterocycles. The van der Waals surface area contributed by atoms with E-state index in [-0.39, 0.29) is 11.9 Å². The van der Waals surface area contributed by atoms with Crippen LogP contribution < -0.4 is 10.6 Å². The standard InChI is InChI=1S/C13H16N2O/c16-13-9-12(10-15-13)14-8-4-7-11-5-2-1-3-6-11/h1-7,12,14H,8-10H2,(H,15,16)/b7-4+. The summed E-state index contributed by atoms with van der Waals surface area (Å²) < 4.78 is 0. The van der Waals surface area contributed by atoms with Crippen LogP contribution in [0, 0.1) is 0 Å². The number of carbonyl (C=O) groups is 1. The van der Waals surface area contributed by atoms with E-state index >= 15 is 0 Å². The first kappa shape index (κ1) is 10.9. The highest BCUT2D eigenvalue weighted by molar-refractivity contribution is 5.78.